The topological polar surface area (TPSA) is 81.2 Å². The van der Waals surface area contributed by atoms with Crippen LogP contribution in [0.1, 0.15) is 19.2 Å². The number of aromatic nitrogens is 2. The predicted octanol–water partition coefficient (Wildman–Crippen LogP) is 2.22. The zero-order valence-electron chi connectivity index (χ0n) is 13.2. The van der Waals surface area contributed by atoms with Crippen molar-refractivity contribution >= 4 is 22.6 Å². The first-order valence-corrected chi connectivity index (χ1v) is 7.53. The fourth-order valence-corrected chi connectivity index (χ4v) is 2.35. The highest BCUT2D eigenvalue weighted by molar-refractivity contribution is 5.94. The van der Waals surface area contributed by atoms with Crippen molar-refractivity contribution in [2.24, 2.45) is 0 Å². The Morgan fingerprint density at radius 3 is 2.75 bits per heavy atom. The molecule has 2 aromatic rings. The monoisotopic (exact) mass is 344 g/mol. The maximum absolute atomic E-state index is 12.6. The number of carbonyl (C=O) groups is 1. The van der Waals surface area contributed by atoms with Gasteiger partial charge in [-0.05, 0) is 31.2 Å². The fraction of sp³-hybridized carbons (Fsp3) is 0.467. The molecule has 1 amide bonds. The van der Waals surface area contributed by atoms with E-state index >= 15 is 0 Å². The number of aliphatic hydroxyl groups excluding tert-OH is 1. The maximum atomic E-state index is 12.6. The van der Waals surface area contributed by atoms with Crippen molar-refractivity contribution in [1.29, 1.82) is 0 Å². The van der Waals surface area contributed by atoms with Crippen LogP contribution < -0.4 is 5.32 Å². The molecule has 0 spiro atoms. The van der Waals surface area contributed by atoms with Crippen molar-refractivity contribution in [3.8, 4) is 0 Å². The summed E-state index contributed by atoms with van der Waals surface area (Å²) >= 11 is 0. The molecule has 0 fully saturated rings. The molecule has 0 bridgehead atoms. The lowest BCUT2D eigenvalue weighted by Crippen LogP contribution is -2.35. The molecule has 0 atom stereocenters. The minimum atomic E-state index is -4.55. The number of fused-ring (bicyclic) bond motifs is 1. The average Bonchev–Trinajstić information content (AvgIpc) is 2.91. The number of alkyl halides is 3. The van der Waals surface area contributed by atoms with E-state index in [9.17, 15) is 18.0 Å². The molecule has 6 nitrogen and oxygen atoms in total. The second kappa shape index (κ2) is 7.63. The van der Waals surface area contributed by atoms with Gasteiger partial charge in [0, 0.05) is 12.2 Å². The van der Waals surface area contributed by atoms with E-state index in [1.165, 1.54) is 18.2 Å². The van der Waals surface area contributed by atoms with Gasteiger partial charge in [0.2, 0.25) is 11.7 Å². The van der Waals surface area contributed by atoms with Gasteiger partial charge < -0.3 is 15.4 Å². The summed E-state index contributed by atoms with van der Waals surface area (Å²) in [7, 11) is 0. The predicted molar refractivity (Wildman–Crippen MR) is 83.5 cm³/mol. The van der Waals surface area contributed by atoms with E-state index in [1.54, 1.807) is 4.90 Å². The van der Waals surface area contributed by atoms with Crippen LogP contribution in [0.25, 0.3) is 11.0 Å². The molecule has 0 aliphatic rings. The van der Waals surface area contributed by atoms with Gasteiger partial charge in [-0.1, -0.05) is 6.92 Å². The maximum Gasteiger partial charge on any atom is 0.449 e. The second-order valence-electron chi connectivity index (χ2n) is 5.36. The molecule has 24 heavy (non-hydrogen) atoms. The van der Waals surface area contributed by atoms with Crippen LogP contribution in [0.3, 0.4) is 0 Å². The van der Waals surface area contributed by atoms with Crippen LogP contribution >= 0.6 is 0 Å². The lowest BCUT2D eigenvalue weighted by Gasteiger charge is -2.19. The Hall–Kier alpha value is -2.13. The van der Waals surface area contributed by atoms with E-state index < -0.39 is 12.0 Å². The van der Waals surface area contributed by atoms with E-state index in [0.717, 1.165) is 6.42 Å². The van der Waals surface area contributed by atoms with E-state index in [4.69, 9.17) is 5.11 Å². The summed E-state index contributed by atoms with van der Waals surface area (Å²) in [5, 5.41) is 11.6. The molecule has 1 aromatic heterocycles. The zero-order valence-corrected chi connectivity index (χ0v) is 13.2. The molecule has 9 heteroatoms. The molecule has 0 radical (unpaired) electrons. The first-order valence-electron chi connectivity index (χ1n) is 7.53. The number of aliphatic hydroxyl groups is 1. The van der Waals surface area contributed by atoms with Gasteiger partial charge >= 0.3 is 6.18 Å². The Bertz CT molecular complexity index is 694. The molecule has 0 saturated heterocycles. The third kappa shape index (κ3) is 4.68. The van der Waals surface area contributed by atoms with Crippen molar-refractivity contribution in [3.63, 3.8) is 0 Å². The number of hydrogen-bond acceptors (Lipinski definition) is 4. The number of anilines is 1. The Kier molecular flexibility index (Phi) is 5.79. The Morgan fingerprint density at radius 1 is 1.38 bits per heavy atom. The second-order valence-corrected chi connectivity index (χ2v) is 5.36. The van der Waals surface area contributed by atoms with Crippen molar-refractivity contribution < 1.29 is 23.1 Å². The van der Waals surface area contributed by atoms with Crippen LogP contribution in [0.2, 0.25) is 0 Å². The summed E-state index contributed by atoms with van der Waals surface area (Å²) in [5.41, 5.74) is 0.749. The number of nitrogens with zero attached hydrogens (tertiary/aromatic N) is 2. The molecular formula is C15H19F3N4O2. The SMILES string of the molecule is CCCN(CCO)CC(=O)Nc1ccc2nc(C(F)(F)F)[nH]c2c1. The number of nitrogens with one attached hydrogen (secondary N) is 2. The molecule has 2 rings (SSSR count). The van der Waals surface area contributed by atoms with E-state index in [2.05, 4.69) is 15.3 Å². The number of amides is 1. The third-order valence-corrected chi connectivity index (χ3v) is 3.36. The minimum Gasteiger partial charge on any atom is -0.395 e. The quantitative estimate of drug-likeness (QED) is 0.719. The van der Waals surface area contributed by atoms with E-state index in [-0.39, 0.29) is 30.1 Å². The normalized spacial score (nSPS) is 12.1. The number of imidazole rings is 1. The highest BCUT2D eigenvalue weighted by atomic mass is 19.4. The van der Waals surface area contributed by atoms with Gasteiger partial charge in [-0.15, -0.1) is 0 Å². The van der Waals surface area contributed by atoms with Crippen LogP contribution in [-0.2, 0) is 11.0 Å². The van der Waals surface area contributed by atoms with Crippen molar-refractivity contribution in [2.45, 2.75) is 19.5 Å². The van der Waals surface area contributed by atoms with Gasteiger partial charge in [0.15, 0.2) is 0 Å². The summed E-state index contributed by atoms with van der Waals surface area (Å²) in [6.45, 7) is 3.07. The summed E-state index contributed by atoms with van der Waals surface area (Å²) in [6, 6.07) is 4.32. The summed E-state index contributed by atoms with van der Waals surface area (Å²) in [5.74, 6) is -1.37. The summed E-state index contributed by atoms with van der Waals surface area (Å²) < 4.78 is 37.9. The number of H-pyrrole nitrogens is 1. The van der Waals surface area contributed by atoms with Gasteiger partial charge in [-0.25, -0.2) is 4.98 Å². The molecule has 1 heterocycles. The zero-order chi connectivity index (χ0) is 17.7. The number of carbonyl (C=O) groups excluding carboxylic acids is 1. The standard InChI is InChI=1S/C15H19F3N4O2/c1-2-5-22(6-7-23)9-13(24)19-10-3-4-11-12(8-10)21-14(20-11)15(16,17)18/h3-4,8,23H,2,5-7,9H2,1H3,(H,19,24)(H,20,21). The van der Waals surface area contributed by atoms with Crippen LogP contribution in [0.4, 0.5) is 18.9 Å². The molecule has 0 aliphatic carbocycles. The first kappa shape index (κ1) is 18.2. The van der Waals surface area contributed by atoms with Gasteiger partial charge in [-0.3, -0.25) is 9.69 Å². The summed E-state index contributed by atoms with van der Waals surface area (Å²) in [6.07, 6.45) is -3.71. The highest BCUT2D eigenvalue weighted by Crippen LogP contribution is 2.29. The van der Waals surface area contributed by atoms with E-state index in [0.29, 0.717) is 18.8 Å². The number of hydrogen-bond donors (Lipinski definition) is 3. The Labute approximate surface area is 136 Å². The van der Waals surface area contributed by atoms with Gasteiger partial charge in [0.05, 0.1) is 24.2 Å². The third-order valence-electron chi connectivity index (χ3n) is 3.36. The summed E-state index contributed by atoms with van der Waals surface area (Å²) in [4.78, 5) is 19.5. The van der Waals surface area contributed by atoms with Gasteiger partial charge in [0.1, 0.15) is 0 Å². The largest absolute Gasteiger partial charge is 0.449 e. The number of benzene rings is 1. The van der Waals surface area contributed by atoms with Crippen molar-refractivity contribution in [2.75, 3.05) is 31.6 Å². The Morgan fingerprint density at radius 2 is 2.12 bits per heavy atom. The molecule has 0 saturated carbocycles. The van der Waals surface area contributed by atoms with Crippen LogP contribution in [-0.4, -0.2) is 52.1 Å². The van der Waals surface area contributed by atoms with Crippen LogP contribution in [0, 0.1) is 0 Å². The lowest BCUT2D eigenvalue weighted by atomic mass is 10.2. The van der Waals surface area contributed by atoms with Gasteiger partial charge in [-0.2, -0.15) is 13.2 Å². The van der Waals surface area contributed by atoms with Gasteiger partial charge in [0.25, 0.3) is 0 Å². The van der Waals surface area contributed by atoms with Crippen molar-refractivity contribution in [1.82, 2.24) is 14.9 Å². The lowest BCUT2D eigenvalue weighted by molar-refractivity contribution is -0.144. The van der Waals surface area contributed by atoms with Crippen LogP contribution in [0.15, 0.2) is 18.2 Å². The smallest absolute Gasteiger partial charge is 0.395 e. The molecule has 0 unspecified atom stereocenters. The molecule has 0 aliphatic heterocycles. The first-order chi connectivity index (χ1) is 11.3. The minimum absolute atomic E-state index is 0.0480. The number of halogens is 3. The fourth-order valence-electron chi connectivity index (χ4n) is 2.35. The number of rotatable bonds is 7. The molecule has 132 valence electrons. The molecule has 1 aromatic carbocycles. The van der Waals surface area contributed by atoms with Crippen LogP contribution in [0.5, 0.6) is 0 Å². The Balaban J connectivity index is 2.07. The molecular weight excluding hydrogens is 325 g/mol. The number of aromatic amines is 1. The van der Waals surface area contributed by atoms with E-state index in [1.807, 2.05) is 6.92 Å². The average molecular weight is 344 g/mol. The highest BCUT2D eigenvalue weighted by Gasteiger charge is 2.34. The van der Waals surface area contributed by atoms with Crippen molar-refractivity contribution in [3.05, 3.63) is 24.0 Å². The molecule has 3 N–H and O–H groups in total.